The number of hydrogen-bond acceptors (Lipinski definition) is 4. The fourth-order valence-electron chi connectivity index (χ4n) is 4.10. The standard InChI is InChI=1S/C25H30N6O/c1-7-30-14-21(17(5)28-30)16(4)26-25(32)20-13-22(19-11-9-15(3)10-12-19)27-24-23(20)18(6)29-31(24)8-2/h9-14,16H,7-8H2,1-6H3,(H,26,32). The molecule has 32 heavy (non-hydrogen) atoms. The Hall–Kier alpha value is -3.48. The zero-order valence-electron chi connectivity index (χ0n) is 19.6. The van der Waals surface area contributed by atoms with Crippen molar-refractivity contribution in [3.05, 3.63) is 64.6 Å². The van der Waals surface area contributed by atoms with Gasteiger partial charge >= 0.3 is 0 Å². The number of amides is 1. The predicted octanol–water partition coefficient (Wildman–Crippen LogP) is 4.75. The van der Waals surface area contributed by atoms with E-state index in [0.717, 1.165) is 45.8 Å². The first kappa shape index (κ1) is 21.7. The first-order valence-corrected chi connectivity index (χ1v) is 11.1. The Labute approximate surface area is 188 Å². The Morgan fingerprint density at radius 3 is 2.38 bits per heavy atom. The maximum atomic E-state index is 13.5. The monoisotopic (exact) mass is 430 g/mol. The molecule has 0 bridgehead atoms. The molecule has 0 fully saturated rings. The average Bonchev–Trinajstić information content (AvgIpc) is 3.32. The largest absolute Gasteiger partial charge is 0.345 e. The number of nitrogens with zero attached hydrogens (tertiary/aromatic N) is 5. The number of nitrogens with one attached hydrogen (secondary N) is 1. The van der Waals surface area contributed by atoms with Crippen LogP contribution >= 0.6 is 0 Å². The number of carbonyl (C=O) groups excluding carboxylic acids is 1. The summed E-state index contributed by atoms with van der Waals surface area (Å²) in [6.45, 7) is 13.5. The van der Waals surface area contributed by atoms with Crippen molar-refractivity contribution in [2.24, 2.45) is 0 Å². The maximum absolute atomic E-state index is 13.5. The summed E-state index contributed by atoms with van der Waals surface area (Å²) in [4.78, 5) is 18.4. The summed E-state index contributed by atoms with van der Waals surface area (Å²) >= 11 is 0. The molecular weight excluding hydrogens is 400 g/mol. The summed E-state index contributed by atoms with van der Waals surface area (Å²) in [7, 11) is 0. The molecule has 1 amide bonds. The van der Waals surface area contributed by atoms with Gasteiger partial charge in [-0.25, -0.2) is 9.67 Å². The Morgan fingerprint density at radius 2 is 1.75 bits per heavy atom. The molecule has 0 radical (unpaired) electrons. The second-order valence-electron chi connectivity index (χ2n) is 8.24. The van der Waals surface area contributed by atoms with Crippen LogP contribution in [-0.2, 0) is 13.1 Å². The van der Waals surface area contributed by atoms with Gasteiger partial charge in [-0.3, -0.25) is 9.48 Å². The Balaban J connectivity index is 1.79. The summed E-state index contributed by atoms with van der Waals surface area (Å²) in [6.07, 6.45) is 2.00. The summed E-state index contributed by atoms with van der Waals surface area (Å²) < 4.78 is 3.75. The van der Waals surface area contributed by atoms with Crippen molar-refractivity contribution in [2.75, 3.05) is 0 Å². The fraction of sp³-hybridized carbons (Fsp3) is 0.360. The van der Waals surface area contributed by atoms with Gasteiger partial charge in [0.05, 0.1) is 34.1 Å². The van der Waals surface area contributed by atoms with E-state index in [2.05, 4.69) is 34.6 Å². The van der Waals surface area contributed by atoms with Crippen LogP contribution in [0.2, 0.25) is 0 Å². The van der Waals surface area contributed by atoms with E-state index in [4.69, 9.17) is 4.98 Å². The molecule has 0 saturated carbocycles. The smallest absolute Gasteiger partial charge is 0.252 e. The highest BCUT2D eigenvalue weighted by Crippen LogP contribution is 2.28. The topological polar surface area (TPSA) is 77.6 Å². The van der Waals surface area contributed by atoms with Gasteiger partial charge in [0.25, 0.3) is 5.91 Å². The fourth-order valence-corrected chi connectivity index (χ4v) is 4.10. The van der Waals surface area contributed by atoms with Crippen LogP contribution in [0.25, 0.3) is 22.3 Å². The van der Waals surface area contributed by atoms with E-state index in [1.165, 1.54) is 5.56 Å². The molecule has 0 saturated heterocycles. The summed E-state index contributed by atoms with van der Waals surface area (Å²) in [6, 6.07) is 9.90. The van der Waals surface area contributed by atoms with Gasteiger partial charge in [0.1, 0.15) is 0 Å². The molecule has 0 aliphatic heterocycles. The number of hydrogen-bond donors (Lipinski definition) is 1. The van der Waals surface area contributed by atoms with E-state index in [0.29, 0.717) is 12.1 Å². The highest BCUT2D eigenvalue weighted by molar-refractivity contribution is 6.07. The second kappa shape index (κ2) is 8.57. The minimum absolute atomic E-state index is 0.138. The van der Waals surface area contributed by atoms with Gasteiger partial charge in [-0.1, -0.05) is 29.8 Å². The van der Waals surface area contributed by atoms with Crippen LogP contribution in [0, 0.1) is 20.8 Å². The van der Waals surface area contributed by atoms with E-state index < -0.39 is 0 Å². The van der Waals surface area contributed by atoms with Crippen molar-refractivity contribution in [2.45, 2.75) is 60.7 Å². The highest BCUT2D eigenvalue weighted by Gasteiger charge is 2.22. The molecule has 7 heteroatoms. The number of aryl methyl sites for hydroxylation is 5. The Morgan fingerprint density at radius 1 is 1.03 bits per heavy atom. The third-order valence-corrected chi connectivity index (χ3v) is 5.89. The number of benzene rings is 1. The summed E-state index contributed by atoms with van der Waals surface area (Å²) in [5.74, 6) is -0.138. The first-order valence-electron chi connectivity index (χ1n) is 11.1. The van der Waals surface area contributed by atoms with Crippen molar-refractivity contribution in [3.63, 3.8) is 0 Å². The molecule has 1 aromatic carbocycles. The quantitative estimate of drug-likeness (QED) is 0.479. The van der Waals surface area contributed by atoms with Crippen LogP contribution in [0.15, 0.2) is 36.5 Å². The van der Waals surface area contributed by atoms with E-state index in [1.807, 2.05) is 68.4 Å². The third-order valence-electron chi connectivity index (χ3n) is 5.89. The number of carbonyl (C=O) groups is 1. The Kier molecular flexibility index (Phi) is 5.82. The van der Waals surface area contributed by atoms with E-state index in [-0.39, 0.29) is 11.9 Å². The van der Waals surface area contributed by atoms with Crippen molar-refractivity contribution in [1.29, 1.82) is 0 Å². The van der Waals surface area contributed by atoms with Crippen LogP contribution in [0.3, 0.4) is 0 Å². The average molecular weight is 431 g/mol. The maximum Gasteiger partial charge on any atom is 0.252 e. The van der Waals surface area contributed by atoms with Gasteiger partial charge < -0.3 is 5.32 Å². The van der Waals surface area contributed by atoms with Crippen LogP contribution in [-0.4, -0.2) is 30.5 Å². The molecule has 1 N–H and O–H groups in total. The number of fused-ring (bicyclic) bond motifs is 1. The van der Waals surface area contributed by atoms with Crippen LogP contribution in [0.5, 0.6) is 0 Å². The lowest BCUT2D eigenvalue weighted by atomic mass is 10.0. The minimum Gasteiger partial charge on any atom is -0.345 e. The molecule has 0 aliphatic carbocycles. The molecule has 0 spiro atoms. The summed E-state index contributed by atoms with van der Waals surface area (Å²) in [5, 5.41) is 13.1. The lowest BCUT2D eigenvalue weighted by molar-refractivity contribution is 0.0941. The van der Waals surface area contributed by atoms with Crippen LogP contribution in [0.4, 0.5) is 0 Å². The van der Waals surface area contributed by atoms with E-state index >= 15 is 0 Å². The third kappa shape index (κ3) is 3.90. The molecule has 7 nitrogen and oxygen atoms in total. The van der Waals surface area contributed by atoms with E-state index in [9.17, 15) is 4.79 Å². The number of pyridine rings is 1. The van der Waals surface area contributed by atoms with Crippen molar-refractivity contribution < 1.29 is 4.79 Å². The highest BCUT2D eigenvalue weighted by atomic mass is 16.1. The molecule has 4 rings (SSSR count). The molecular formula is C25H30N6O. The zero-order valence-corrected chi connectivity index (χ0v) is 19.6. The van der Waals surface area contributed by atoms with Crippen LogP contribution in [0.1, 0.15) is 59.7 Å². The molecule has 1 unspecified atom stereocenters. The van der Waals surface area contributed by atoms with Crippen molar-refractivity contribution in [3.8, 4) is 11.3 Å². The lowest BCUT2D eigenvalue weighted by Gasteiger charge is -2.15. The SMILES string of the molecule is CCn1cc(C(C)NC(=O)c2cc(-c3ccc(C)cc3)nc3c2c(C)nn3CC)c(C)n1. The Bertz CT molecular complexity index is 1280. The van der Waals surface area contributed by atoms with E-state index in [1.54, 1.807) is 0 Å². The minimum atomic E-state index is -0.171. The molecule has 166 valence electrons. The molecule has 0 aliphatic rings. The lowest BCUT2D eigenvalue weighted by Crippen LogP contribution is -2.27. The van der Waals surface area contributed by atoms with Crippen molar-refractivity contribution in [1.82, 2.24) is 29.9 Å². The van der Waals surface area contributed by atoms with Gasteiger partial charge in [-0.05, 0) is 47.6 Å². The normalized spacial score (nSPS) is 12.3. The predicted molar refractivity (Wildman–Crippen MR) is 127 cm³/mol. The molecule has 3 aromatic heterocycles. The molecule has 3 heterocycles. The molecule has 1 atom stereocenters. The number of rotatable bonds is 6. The first-order chi connectivity index (χ1) is 15.3. The molecule has 4 aromatic rings. The van der Waals surface area contributed by atoms with Gasteiger partial charge in [0.15, 0.2) is 5.65 Å². The summed E-state index contributed by atoms with van der Waals surface area (Å²) in [5.41, 5.74) is 6.99. The number of aromatic nitrogens is 5. The van der Waals surface area contributed by atoms with Gasteiger partial charge in [0.2, 0.25) is 0 Å². The van der Waals surface area contributed by atoms with Gasteiger partial charge in [0, 0.05) is 30.4 Å². The zero-order chi connectivity index (χ0) is 23.0. The van der Waals surface area contributed by atoms with Crippen LogP contribution < -0.4 is 5.32 Å². The van der Waals surface area contributed by atoms with Crippen molar-refractivity contribution >= 4 is 16.9 Å². The van der Waals surface area contributed by atoms with Gasteiger partial charge in [-0.2, -0.15) is 10.2 Å². The second-order valence-corrected chi connectivity index (χ2v) is 8.24. The van der Waals surface area contributed by atoms with Gasteiger partial charge in [-0.15, -0.1) is 0 Å².